The molecule has 9 rings (SSSR count). The molecule has 2 saturated heterocycles. The van der Waals surface area contributed by atoms with Crippen LogP contribution in [-0.4, -0.2) is 117 Å². The maximum Gasteiger partial charge on any atom is 1.00 e. The molecule has 0 radical (unpaired) electrons. The van der Waals surface area contributed by atoms with E-state index in [2.05, 4.69) is 42.4 Å². The summed E-state index contributed by atoms with van der Waals surface area (Å²) < 4.78 is 242. The topological polar surface area (TPSA) is 296 Å². The molecule has 574 valence electrons. The first kappa shape index (κ1) is 102. The smallest absolute Gasteiger partial charge is 1.00 e. The minimum atomic E-state index is -4.63. The van der Waals surface area contributed by atoms with Crippen molar-refractivity contribution in [2.75, 3.05) is 26.2 Å². The van der Waals surface area contributed by atoms with Crippen LogP contribution in [0.4, 0.5) is 83.4 Å². The zero-order chi connectivity index (χ0) is 81.0. The number of nitrogens with two attached hydrogens (primary N) is 2. The summed E-state index contributed by atoms with van der Waals surface area (Å²) in [4.78, 5) is 54.2. The van der Waals surface area contributed by atoms with E-state index in [0.29, 0.717) is 22.8 Å². The number of nitrogens with one attached hydrogen (secondary N) is 1. The van der Waals surface area contributed by atoms with Crippen LogP contribution in [-0.2, 0) is 50.2 Å². The monoisotopic (exact) mass is 1820 g/mol. The summed E-state index contributed by atoms with van der Waals surface area (Å²) in [5.74, 6) is -7.14. The average molecular weight is 1830 g/mol. The van der Waals surface area contributed by atoms with Crippen LogP contribution in [0.2, 0.25) is 25.1 Å². The van der Waals surface area contributed by atoms with Gasteiger partial charge in [0, 0.05) is 40.6 Å². The van der Waals surface area contributed by atoms with Gasteiger partial charge in [-0.1, -0.05) is 92.8 Å². The van der Waals surface area contributed by atoms with Gasteiger partial charge in [0.25, 0.3) is 18.3 Å². The molecule has 2 aromatic heterocycles. The maximum atomic E-state index is 13.1. The van der Waals surface area contributed by atoms with Crippen molar-refractivity contribution in [1.29, 1.82) is 5.26 Å². The second-order valence-electron chi connectivity index (χ2n) is 20.9. The van der Waals surface area contributed by atoms with Gasteiger partial charge in [-0.15, -0.1) is 5.10 Å². The second kappa shape index (κ2) is 43.8. The predicted octanol–water partition coefficient (Wildman–Crippen LogP) is 10.9. The van der Waals surface area contributed by atoms with E-state index in [9.17, 15) is 97.8 Å². The molecule has 7 aromatic rings. The first-order valence-electron chi connectivity index (χ1n) is 27.5. The fourth-order valence-corrected chi connectivity index (χ4v) is 9.57. The number of halogens is 25. The van der Waals surface area contributed by atoms with E-state index in [0.717, 1.165) is 44.8 Å². The first-order chi connectivity index (χ1) is 48.1. The summed E-state index contributed by atoms with van der Waals surface area (Å²) in [7, 11) is 0. The van der Waals surface area contributed by atoms with Gasteiger partial charge >= 0.3 is 134 Å². The minimum Gasteiger partial charge on any atom is -1.00 e. The van der Waals surface area contributed by atoms with Gasteiger partial charge in [-0.2, -0.15) is 76.2 Å². The molecule has 3 amide bonds. The third-order valence-corrected chi connectivity index (χ3v) is 16.0. The Hall–Kier alpha value is -4.88. The van der Waals surface area contributed by atoms with Crippen molar-refractivity contribution in [3.8, 4) is 28.8 Å². The third-order valence-electron chi connectivity index (χ3n) is 12.9. The molecule has 5 aromatic carbocycles. The Morgan fingerprint density at radius 1 is 0.607 bits per heavy atom. The Balaban J connectivity index is 0. The Labute approximate surface area is 723 Å². The van der Waals surface area contributed by atoms with Gasteiger partial charge in [-0.25, -0.2) is 32.2 Å². The van der Waals surface area contributed by atoms with Crippen LogP contribution in [0.15, 0.2) is 89.6 Å². The fourth-order valence-electron chi connectivity index (χ4n) is 8.06. The van der Waals surface area contributed by atoms with Crippen molar-refractivity contribution >= 4 is 128 Å². The maximum absolute atomic E-state index is 13.1. The van der Waals surface area contributed by atoms with E-state index < -0.39 is 119 Å². The Morgan fingerprint density at radius 3 is 1.30 bits per heavy atom. The summed E-state index contributed by atoms with van der Waals surface area (Å²) in [5, 5.41) is 37.2. The molecule has 0 atom stereocenters. The summed E-state index contributed by atoms with van der Waals surface area (Å²) in [6.07, 6.45) is -16.8. The molecule has 0 aliphatic carbocycles. The summed E-state index contributed by atoms with van der Waals surface area (Å²) in [6.45, 7) is 4.87. The number of hydrogen-bond acceptors (Lipinski definition) is 14. The fraction of sp³-hybridized carbons (Fsp3) is 0.267. The molecule has 107 heavy (non-hydrogen) atoms. The number of aromatic amines is 1. The molecule has 19 nitrogen and oxygen atoms in total. The van der Waals surface area contributed by atoms with E-state index in [-0.39, 0.29) is 187 Å². The molecule has 0 unspecified atom stereocenters. The number of amides is 3. The number of likely N-dealkylation sites (tertiary alicyclic amines) is 2. The molecule has 2 aliphatic rings. The minimum absolute atomic E-state index is 0. The Bertz CT molecular complexity index is 4260. The molecule has 47 heteroatoms. The molecule has 7 N–H and O–H groups in total. The standard InChI is InChI=1S/C16H12ClF5N4O.C10H7ClF3N3.C9H7ClF3NO.C9H7ClF3NS.C9H5ClF3N.C6H6F2INO.CH2O3.2K.H2O2.H/c1-9-4-10(5-11(13(9)17)16(20,21)22)14-23-8-26(24-14)3-2-12(27)25-6-15(18,19)7-25;1-5-2-6(9-15-4-16-17-9)3-7(8(5)11)10(12,13)14;2*1-4-2-5(8(14)15)3-6(7(4)10)9(11,12)13;1-5-2-6(4-14)3-7(8(5)10)9(11,12)13;7-6(8)3-10(4-6)5(11)1-2-9;2-1-4-3;;;1-2;/h2-5,8H,6-7H2,1H3;2-4H,1H3,(H,15,16,17);2*2-3H,1H3,(H2,14,15);2-3H,1H3;1-2H,3-4H2;1,3H;;;1-2H;/q;;;;;;;2*+1;;-1/p-1/b3-2-;;;;;2-1-;;;;;. The normalized spacial score (nSPS) is 13.3. The van der Waals surface area contributed by atoms with Crippen molar-refractivity contribution in [2.45, 2.75) is 77.3 Å². The number of nitrogens with zero attached hydrogens (tertiary/aromatic N) is 8. The number of alkyl halides is 19. The molecule has 2 fully saturated rings. The predicted molar refractivity (Wildman–Crippen MR) is 355 cm³/mol. The summed E-state index contributed by atoms with van der Waals surface area (Å²) in [6, 6.07) is 12.6. The van der Waals surface area contributed by atoms with Crippen LogP contribution in [0.25, 0.3) is 29.0 Å². The molecular weight excluding hydrogens is 1780 g/mol. The molecule has 2 aliphatic heterocycles. The number of primary amides is 1. The van der Waals surface area contributed by atoms with Gasteiger partial charge in [0.1, 0.15) is 17.6 Å². The Morgan fingerprint density at radius 2 is 0.953 bits per heavy atom. The molecular formula is C60H48Cl5F19IK2N11O8S. The zero-order valence-corrected chi connectivity index (χ0v) is 68.1. The molecule has 0 saturated carbocycles. The molecule has 4 heterocycles. The number of hydrogen-bond donors (Lipinski definition) is 5. The van der Waals surface area contributed by atoms with Gasteiger partial charge in [-0.05, 0) is 127 Å². The number of aromatic nitrogens is 6. The van der Waals surface area contributed by atoms with Crippen LogP contribution >= 0.6 is 92.8 Å². The number of nitriles is 1. The van der Waals surface area contributed by atoms with Crippen LogP contribution in [0.1, 0.15) is 78.5 Å². The van der Waals surface area contributed by atoms with Crippen molar-refractivity contribution in [3.05, 3.63) is 187 Å². The summed E-state index contributed by atoms with van der Waals surface area (Å²) in [5.41, 5.74) is 6.97. The van der Waals surface area contributed by atoms with Gasteiger partial charge in [0.2, 0.25) is 17.7 Å². The largest absolute Gasteiger partial charge is 1.00 e. The van der Waals surface area contributed by atoms with Gasteiger partial charge in [-0.3, -0.25) is 34.8 Å². The van der Waals surface area contributed by atoms with Gasteiger partial charge in [0.05, 0.1) is 90.7 Å². The molecule has 0 bridgehead atoms. The van der Waals surface area contributed by atoms with Crippen LogP contribution < -0.4 is 119 Å². The second-order valence-corrected chi connectivity index (χ2v) is 23.9. The van der Waals surface area contributed by atoms with Crippen molar-refractivity contribution in [2.24, 2.45) is 11.5 Å². The number of carbonyl (C=O) groups excluding carboxylic acids is 4. The Kier molecular flexibility index (Phi) is 41.8. The quantitative estimate of drug-likeness (QED) is 0.0138. The van der Waals surface area contributed by atoms with E-state index in [1.54, 1.807) is 6.07 Å². The van der Waals surface area contributed by atoms with Crippen LogP contribution in [0.3, 0.4) is 0 Å². The average Bonchev–Trinajstić information content (AvgIpc) is 1.46. The number of H-pyrrole nitrogens is 1. The number of rotatable bonds is 8. The number of benzene rings is 5. The zero-order valence-electron chi connectivity index (χ0n) is 56.1. The number of carbonyl (C=O) groups is 4. The molecule has 0 spiro atoms. The number of thiocarbonyl (C=S) groups is 1. The third kappa shape index (κ3) is 32.0. The van der Waals surface area contributed by atoms with Crippen LogP contribution in [0, 0.1) is 45.9 Å². The van der Waals surface area contributed by atoms with Gasteiger partial charge in [0.15, 0.2) is 11.6 Å². The van der Waals surface area contributed by atoms with E-state index >= 15 is 0 Å². The van der Waals surface area contributed by atoms with E-state index in [1.165, 1.54) is 94.0 Å². The van der Waals surface area contributed by atoms with Crippen LogP contribution in [0.5, 0.6) is 0 Å². The summed E-state index contributed by atoms with van der Waals surface area (Å²) >= 11 is 34.4. The van der Waals surface area contributed by atoms with Crippen molar-refractivity contribution in [1.82, 2.24) is 39.7 Å². The number of aryl methyl sites for hydroxylation is 5. The van der Waals surface area contributed by atoms with Crippen molar-refractivity contribution in [3.63, 3.8) is 0 Å². The van der Waals surface area contributed by atoms with Gasteiger partial charge < -0.3 is 32.8 Å². The van der Waals surface area contributed by atoms with E-state index in [1.807, 2.05) is 22.6 Å². The first-order valence-corrected chi connectivity index (χ1v) is 31.0. The SMILES string of the molecule is Cc1cc(-c2ncn(/C=C\C(=O)N3CC(F)(F)C3)n2)cc(C(F)(F)F)c1Cl.Cc1cc(-c2ncn[nH]2)cc(C(F)(F)F)c1Cl.Cc1cc(C#N)cc(C(F)(F)F)c1Cl.Cc1cc(C(N)=O)cc(C(F)(F)F)c1Cl.Cc1cc(C(N)=S)cc(C(F)(F)F)c1Cl.O=C(/C=C\I)N1CC(F)(F)C1.O=CO[O-].OO.[H-].[K+].[K+]. The van der Waals surface area contributed by atoms with Crippen molar-refractivity contribution < 1.29 is 227 Å². The van der Waals surface area contributed by atoms with E-state index in [4.69, 9.17) is 95.3 Å².